The van der Waals surface area contributed by atoms with Gasteiger partial charge in [-0.15, -0.1) is 0 Å². The normalized spacial score (nSPS) is 8.65. The standard InChI is InChI=1S/C6H4Cl2.C6H5ClO.H2O/c2*7-5-3-1-2-4-6(5)8;/h1-4H;1-4,8H;1H2. The molecule has 3 N–H and O–H groups in total. The first-order chi connectivity index (χ1) is 7.61. The minimum absolute atomic E-state index is 0. The zero-order chi connectivity index (χ0) is 12.0. The lowest BCUT2D eigenvalue weighted by molar-refractivity contribution is 0.475. The molecule has 0 bridgehead atoms. The molecule has 0 spiro atoms. The molecule has 0 aromatic heterocycles. The van der Waals surface area contributed by atoms with Gasteiger partial charge in [-0.2, -0.15) is 0 Å². The van der Waals surface area contributed by atoms with Crippen LogP contribution >= 0.6 is 34.8 Å². The van der Waals surface area contributed by atoms with Crippen LogP contribution in [0, 0.1) is 0 Å². The van der Waals surface area contributed by atoms with Crippen LogP contribution in [-0.2, 0) is 0 Å². The number of benzene rings is 2. The van der Waals surface area contributed by atoms with Crippen molar-refractivity contribution in [1.82, 2.24) is 0 Å². The van der Waals surface area contributed by atoms with Crippen LogP contribution in [0.1, 0.15) is 0 Å². The number of hydrogen-bond donors (Lipinski definition) is 1. The number of phenols is 1. The predicted octanol–water partition coefficient (Wildman–Crippen LogP) is 4.21. The second kappa shape index (κ2) is 8.20. The van der Waals surface area contributed by atoms with E-state index in [0.29, 0.717) is 15.1 Å². The number of hydrogen-bond acceptors (Lipinski definition) is 1. The smallest absolute Gasteiger partial charge is 0.134 e. The van der Waals surface area contributed by atoms with E-state index in [9.17, 15) is 0 Å². The van der Waals surface area contributed by atoms with Crippen molar-refractivity contribution in [2.24, 2.45) is 0 Å². The van der Waals surface area contributed by atoms with Crippen molar-refractivity contribution in [3.63, 3.8) is 0 Å². The molecule has 0 aliphatic carbocycles. The molecule has 0 saturated heterocycles. The van der Waals surface area contributed by atoms with Gasteiger partial charge in [0.15, 0.2) is 0 Å². The zero-order valence-corrected chi connectivity index (χ0v) is 11.0. The van der Waals surface area contributed by atoms with E-state index in [1.807, 2.05) is 12.1 Å². The Labute approximate surface area is 115 Å². The van der Waals surface area contributed by atoms with Crippen molar-refractivity contribution in [3.8, 4) is 5.75 Å². The molecule has 2 aromatic rings. The van der Waals surface area contributed by atoms with E-state index >= 15 is 0 Å². The highest BCUT2D eigenvalue weighted by molar-refractivity contribution is 6.41. The molecule has 5 heteroatoms. The highest BCUT2D eigenvalue weighted by Crippen LogP contribution is 2.20. The quantitative estimate of drug-likeness (QED) is 0.777. The van der Waals surface area contributed by atoms with Gasteiger partial charge in [0.05, 0.1) is 15.1 Å². The lowest BCUT2D eigenvalue weighted by Gasteiger charge is -1.89. The van der Waals surface area contributed by atoms with Gasteiger partial charge < -0.3 is 10.6 Å². The molecule has 0 radical (unpaired) electrons. The maximum Gasteiger partial charge on any atom is 0.134 e. The lowest BCUT2D eigenvalue weighted by Crippen LogP contribution is -1.62. The summed E-state index contributed by atoms with van der Waals surface area (Å²) in [5.74, 6) is 0.133. The van der Waals surface area contributed by atoms with Crippen molar-refractivity contribution < 1.29 is 10.6 Å². The fourth-order valence-corrected chi connectivity index (χ4v) is 1.30. The van der Waals surface area contributed by atoms with Gasteiger partial charge in [-0.1, -0.05) is 59.1 Å². The van der Waals surface area contributed by atoms with Crippen molar-refractivity contribution in [2.45, 2.75) is 0 Å². The van der Waals surface area contributed by atoms with E-state index in [4.69, 9.17) is 39.9 Å². The second-order valence-electron chi connectivity index (χ2n) is 2.87. The Balaban J connectivity index is 0.000000284. The van der Waals surface area contributed by atoms with Gasteiger partial charge in [0.25, 0.3) is 0 Å². The van der Waals surface area contributed by atoms with Crippen LogP contribution in [0.4, 0.5) is 0 Å². The summed E-state index contributed by atoms with van der Waals surface area (Å²) >= 11 is 16.6. The number of aromatic hydroxyl groups is 1. The Morgan fingerprint density at radius 3 is 1.24 bits per heavy atom. The Hall–Kier alpha value is -0.930. The monoisotopic (exact) mass is 292 g/mol. The zero-order valence-electron chi connectivity index (χ0n) is 8.70. The summed E-state index contributed by atoms with van der Waals surface area (Å²) in [7, 11) is 0. The molecule has 17 heavy (non-hydrogen) atoms. The molecule has 0 aliphatic rings. The number of phenolic OH excluding ortho intramolecular Hbond substituents is 1. The van der Waals surface area contributed by atoms with E-state index in [0.717, 1.165) is 0 Å². The van der Waals surface area contributed by atoms with Gasteiger partial charge >= 0.3 is 0 Å². The summed E-state index contributed by atoms with van der Waals surface area (Å²) in [6.07, 6.45) is 0. The van der Waals surface area contributed by atoms with E-state index < -0.39 is 0 Å². The fourth-order valence-electron chi connectivity index (χ4n) is 0.891. The van der Waals surface area contributed by atoms with Gasteiger partial charge in [-0.05, 0) is 24.3 Å². The summed E-state index contributed by atoms with van der Waals surface area (Å²) in [6, 6.07) is 13.9. The van der Waals surface area contributed by atoms with Crippen LogP contribution in [-0.4, -0.2) is 10.6 Å². The second-order valence-corrected chi connectivity index (χ2v) is 4.09. The van der Waals surface area contributed by atoms with Crippen LogP contribution in [0.2, 0.25) is 15.1 Å². The average molecular weight is 294 g/mol. The molecular formula is C12H11Cl3O2. The molecule has 2 rings (SSSR count). The van der Waals surface area contributed by atoms with Gasteiger partial charge in [-0.3, -0.25) is 0 Å². The Morgan fingerprint density at radius 1 is 0.647 bits per heavy atom. The summed E-state index contributed by atoms with van der Waals surface area (Å²) in [5.41, 5.74) is 0. The molecule has 0 unspecified atom stereocenters. The first-order valence-electron chi connectivity index (χ1n) is 4.45. The van der Waals surface area contributed by atoms with Crippen LogP contribution in [0.3, 0.4) is 0 Å². The number of halogens is 3. The van der Waals surface area contributed by atoms with E-state index in [1.165, 1.54) is 0 Å². The molecule has 0 saturated carbocycles. The molecule has 0 heterocycles. The lowest BCUT2D eigenvalue weighted by atomic mass is 10.3. The van der Waals surface area contributed by atoms with Gasteiger partial charge in [-0.25, -0.2) is 0 Å². The number of para-hydroxylation sites is 1. The Morgan fingerprint density at radius 2 is 1.00 bits per heavy atom. The van der Waals surface area contributed by atoms with E-state index in [2.05, 4.69) is 0 Å². The third-order valence-corrected chi connectivity index (χ3v) is 2.75. The SMILES string of the molecule is Clc1ccccc1Cl.O.Oc1ccccc1Cl. The first-order valence-corrected chi connectivity index (χ1v) is 5.58. The summed E-state index contributed by atoms with van der Waals surface area (Å²) in [6.45, 7) is 0. The maximum atomic E-state index is 8.79. The molecule has 2 nitrogen and oxygen atoms in total. The van der Waals surface area contributed by atoms with Crippen molar-refractivity contribution >= 4 is 34.8 Å². The number of rotatable bonds is 0. The minimum Gasteiger partial charge on any atom is -0.506 e. The first kappa shape index (κ1) is 16.1. The summed E-state index contributed by atoms with van der Waals surface area (Å²) < 4.78 is 0. The van der Waals surface area contributed by atoms with Crippen LogP contribution in [0.25, 0.3) is 0 Å². The average Bonchev–Trinajstić information content (AvgIpc) is 2.28. The Bertz CT molecular complexity index is 376. The third-order valence-electron chi connectivity index (χ3n) is 1.68. The van der Waals surface area contributed by atoms with Gasteiger partial charge in [0.1, 0.15) is 5.75 Å². The molecular weight excluding hydrogens is 282 g/mol. The molecule has 0 amide bonds. The summed E-state index contributed by atoms with van der Waals surface area (Å²) in [5, 5.41) is 10.4. The molecule has 0 fully saturated rings. The third kappa shape index (κ3) is 5.80. The molecule has 0 atom stereocenters. The predicted molar refractivity (Wildman–Crippen MR) is 73.2 cm³/mol. The fraction of sp³-hybridized carbons (Fsp3) is 0. The minimum atomic E-state index is 0. The Kier molecular flexibility index (Phi) is 7.75. The molecule has 2 aromatic carbocycles. The highest BCUT2D eigenvalue weighted by Gasteiger charge is 1.90. The highest BCUT2D eigenvalue weighted by atomic mass is 35.5. The molecule has 92 valence electrons. The van der Waals surface area contributed by atoms with Crippen molar-refractivity contribution in [3.05, 3.63) is 63.6 Å². The van der Waals surface area contributed by atoms with E-state index in [1.54, 1.807) is 36.4 Å². The maximum absolute atomic E-state index is 8.79. The van der Waals surface area contributed by atoms with Crippen LogP contribution in [0.15, 0.2) is 48.5 Å². The van der Waals surface area contributed by atoms with E-state index in [-0.39, 0.29) is 11.2 Å². The van der Waals surface area contributed by atoms with Gasteiger partial charge in [0, 0.05) is 0 Å². The van der Waals surface area contributed by atoms with Crippen molar-refractivity contribution in [2.75, 3.05) is 0 Å². The van der Waals surface area contributed by atoms with Crippen LogP contribution in [0.5, 0.6) is 5.75 Å². The molecule has 0 aliphatic heterocycles. The topological polar surface area (TPSA) is 51.7 Å². The van der Waals surface area contributed by atoms with Crippen LogP contribution < -0.4 is 0 Å². The van der Waals surface area contributed by atoms with Gasteiger partial charge in [0.2, 0.25) is 0 Å². The van der Waals surface area contributed by atoms with Crippen molar-refractivity contribution in [1.29, 1.82) is 0 Å². The summed E-state index contributed by atoms with van der Waals surface area (Å²) in [4.78, 5) is 0. The largest absolute Gasteiger partial charge is 0.506 e.